The minimum atomic E-state index is -0.475. The molecule has 0 unspecified atom stereocenters. The minimum absolute atomic E-state index is 0.00671. The van der Waals surface area contributed by atoms with E-state index in [-0.39, 0.29) is 5.95 Å². The maximum Gasteiger partial charge on any atom is 0.349 e. The molecule has 2 aromatic rings. The topological polar surface area (TPSA) is 84.7 Å². The van der Waals surface area contributed by atoms with Gasteiger partial charge in [-0.25, -0.2) is 4.79 Å². The van der Waals surface area contributed by atoms with Crippen molar-refractivity contribution in [3.05, 3.63) is 52.2 Å². The molecule has 0 aliphatic carbocycles. The molecule has 0 saturated carbocycles. The molecule has 1 aromatic heterocycles. The van der Waals surface area contributed by atoms with Crippen LogP contribution in [0.15, 0.2) is 35.1 Å². The van der Waals surface area contributed by atoms with E-state index in [9.17, 15) is 4.79 Å². The zero-order valence-corrected chi connectivity index (χ0v) is 9.77. The number of nitrogens with one attached hydrogen (secondary N) is 1. The molecule has 0 amide bonds. The number of nitrogens with zero attached hydrogens (tertiary/aromatic N) is 2. The zero-order valence-electron chi connectivity index (χ0n) is 9.77. The van der Waals surface area contributed by atoms with Crippen molar-refractivity contribution < 1.29 is 0 Å². The van der Waals surface area contributed by atoms with Crippen molar-refractivity contribution >= 4 is 5.95 Å². The van der Waals surface area contributed by atoms with E-state index in [2.05, 4.69) is 15.0 Å². The van der Waals surface area contributed by atoms with Gasteiger partial charge in [-0.1, -0.05) is 30.3 Å². The predicted octanol–water partition coefficient (Wildman–Crippen LogP) is 1.07. The fraction of sp³-hybridized carbons (Fsp3) is 0.250. The number of hydrogen-bond acceptors (Lipinski definition) is 4. The van der Waals surface area contributed by atoms with Gasteiger partial charge in [0.15, 0.2) is 0 Å². The van der Waals surface area contributed by atoms with Gasteiger partial charge >= 0.3 is 5.69 Å². The first kappa shape index (κ1) is 11.3. The van der Waals surface area contributed by atoms with Crippen LogP contribution in [0, 0.1) is 0 Å². The predicted molar refractivity (Wildman–Crippen MR) is 65.6 cm³/mol. The van der Waals surface area contributed by atoms with Gasteiger partial charge in [0.05, 0.1) is 0 Å². The van der Waals surface area contributed by atoms with E-state index in [1.54, 1.807) is 0 Å². The molecular formula is C12H14N4O. The van der Waals surface area contributed by atoms with Crippen molar-refractivity contribution in [3.63, 3.8) is 0 Å². The van der Waals surface area contributed by atoms with Gasteiger partial charge in [-0.2, -0.15) is 9.97 Å². The summed E-state index contributed by atoms with van der Waals surface area (Å²) in [5.74, 6) is 0.508. The lowest BCUT2D eigenvalue weighted by molar-refractivity contribution is 0.582. The van der Waals surface area contributed by atoms with Crippen LogP contribution in [0.2, 0.25) is 0 Å². The highest BCUT2D eigenvalue weighted by Crippen LogP contribution is 2.27. The van der Waals surface area contributed by atoms with Crippen molar-refractivity contribution in [1.82, 2.24) is 15.0 Å². The lowest BCUT2D eigenvalue weighted by Gasteiger charge is -2.23. The van der Waals surface area contributed by atoms with Crippen LogP contribution in [0.4, 0.5) is 5.95 Å². The van der Waals surface area contributed by atoms with Gasteiger partial charge < -0.3 is 5.73 Å². The first-order valence-electron chi connectivity index (χ1n) is 5.30. The Bertz CT molecular complexity index is 575. The van der Waals surface area contributed by atoms with E-state index >= 15 is 0 Å². The van der Waals surface area contributed by atoms with Crippen molar-refractivity contribution in [2.45, 2.75) is 19.3 Å². The average molecular weight is 230 g/mol. The van der Waals surface area contributed by atoms with E-state index < -0.39 is 11.1 Å². The summed E-state index contributed by atoms with van der Waals surface area (Å²) in [5, 5.41) is 0. The second-order valence-electron chi connectivity index (χ2n) is 4.35. The van der Waals surface area contributed by atoms with Crippen LogP contribution in [0.3, 0.4) is 0 Å². The molecule has 5 nitrogen and oxygen atoms in total. The van der Waals surface area contributed by atoms with Gasteiger partial charge in [0.1, 0.15) is 5.82 Å². The third kappa shape index (κ3) is 2.18. The number of aromatic amines is 1. The van der Waals surface area contributed by atoms with E-state index in [4.69, 9.17) is 5.73 Å². The summed E-state index contributed by atoms with van der Waals surface area (Å²) in [6, 6.07) is 9.80. The van der Waals surface area contributed by atoms with Gasteiger partial charge in [0, 0.05) is 5.41 Å². The van der Waals surface area contributed by atoms with Gasteiger partial charge in [0.25, 0.3) is 0 Å². The largest absolute Gasteiger partial charge is 0.368 e. The van der Waals surface area contributed by atoms with E-state index in [1.807, 2.05) is 44.2 Å². The van der Waals surface area contributed by atoms with Gasteiger partial charge in [-0.05, 0) is 19.4 Å². The molecule has 3 N–H and O–H groups in total. The number of H-pyrrole nitrogens is 1. The Morgan fingerprint density at radius 1 is 1.18 bits per heavy atom. The SMILES string of the molecule is CC(C)(c1ccccc1)c1nc(N)nc(=O)[nH]1. The highest BCUT2D eigenvalue weighted by molar-refractivity contribution is 5.31. The van der Waals surface area contributed by atoms with Crippen LogP contribution in [0.25, 0.3) is 0 Å². The highest BCUT2D eigenvalue weighted by Gasteiger charge is 2.26. The molecule has 0 radical (unpaired) electrons. The number of anilines is 1. The summed E-state index contributed by atoms with van der Waals surface area (Å²) in [6.45, 7) is 3.94. The fourth-order valence-electron chi connectivity index (χ4n) is 1.69. The maximum atomic E-state index is 11.3. The standard InChI is InChI=1S/C12H14N4O/c1-12(2,8-6-4-3-5-7-8)9-14-10(13)16-11(17)15-9/h3-7H,1-2H3,(H3,13,14,15,16,17). The lowest BCUT2D eigenvalue weighted by Crippen LogP contribution is -2.28. The number of aromatic nitrogens is 3. The molecule has 0 atom stereocenters. The molecule has 0 aliphatic rings. The van der Waals surface area contributed by atoms with Gasteiger partial charge in [0.2, 0.25) is 5.95 Å². The minimum Gasteiger partial charge on any atom is -0.368 e. The summed E-state index contributed by atoms with van der Waals surface area (Å²) < 4.78 is 0. The highest BCUT2D eigenvalue weighted by atomic mass is 16.1. The number of nitrogens with two attached hydrogens (primary N) is 1. The Hall–Kier alpha value is -2.17. The van der Waals surface area contributed by atoms with Crippen LogP contribution in [-0.4, -0.2) is 15.0 Å². The molecule has 0 saturated heterocycles. The molecule has 0 bridgehead atoms. The molecule has 88 valence electrons. The van der Waals surface area contributed by atoms with Crippen LogP contribution in [-0.2, 0) is 5.41 Å². The summed E-state index contributed by atoms with van der Waals surface area (Å²) in [6.07, 6.45) is 0. The molecule has 0 aliphatic heterocycles. The van der Waals surface area contributed by atoms with Crippen LogP contribution in [0.5, 0.6) is 0 Å². The molecule has 1 aromatic carbocycles. The first-order valence-corrected chi connectivity index (χ1v) is 5.30. The average Bonchev–Trinajstić information content (AvgIpc) is 2.29. The van der Waals surface area contributed by atoms with Crippen molar-refractivity contribution in [2.24, 2.45) is 0 Å². The summed E-state index contributed by atoms with van der Waals surface area (Å²) >= 11 is 0. The van der Waals surface area contributed by atoms with Crippen LogP contribution in [0.1, 0.15) is 25.2 Å². The quantitative estimate of drug-likeness (QED) is 0.808. The van der Waals surface area contributed by atoms with Gasteiger partial charge in [-0.3, -0.25) is 4.98 Å². The maximum absolute atomic E-state index is 11.3. The van der Waals surface area contributed by atoms with E-state index in [0.29, 0.717) is 5.82 Å². The van der Waals surface area contributed by atoms with Crippen molar-refractivity contribution in [1.29, 1.82) is 0 Å². The van der Waals surface area contributed by atoms with Crippen molar-refractivity contribution in [2.75, 3.05) is 5.73 Å². The first-order chi connectivity index (χ1) is 8.00. The zero-order chi connectivity index (χ0) is 12.5. The molecule has 5 heteroatoms. The molecule has 17 heavy (non-hydrogen) atoms. The number of nitrogen functional groups attached to an aromatic ring is 1. The van der Waals surface area contributed by atoms with E-state index in [1.165, 1.54) is 0 Å². The third-order valence-electron chi connectivity index (χ3n) is 2.76. The van der Waals surface area contributed by atoms with Crippen molar-refractivity contribution in [3.8, 4) is 0 Å². The van der Waals surface area contributed by atoms with Gasteiger partial charge in [-0.15, -0.1) is 0 Å². The summed E-state index contributed by atoms with van der Waals surface area (Å²) in [7, 11) is 0. The molecular weight excluding hydrogens is 216 g/mol. The molecule has 2 rings (SSSR count). The van der Waals surface area contributed by atoms with Crippen LogP contribution < -0.4 is 11.4 Å². The molecule has 0 fully saturated rings. The Kier molecular flexibility index (Phi) is 2.67. The monoisotopic (exact) mass is 230 g/mol. The number of benzene rings is 1. The Morgan fingerprint density at radius 3 is 2.41 bits per heavy atom. The lowest BCUT2D eigenvalue weighted by atomic mass is 9.84. The second kappa shape index (κ2) is 4.01. The number of rotatable bonds is 2. The molecule has 0 spiro atoms. The number of hydrogen-bond donors (Lipinski definition) is 2. The second-order valence-corrected chi connectivity index (χ2v) is 4.35. The smallest absolute Gasteiger partial charge is 0.349 e. The Morgan fingerprint density at radius 2 is 1.82 bits per heavy atom. The Balaban J connectivity index is 2.55. The Labute approximate surface area is 98.7 Å². The molecule has 1 heterocycles. The fourth-order valence-corrected chi connectivity index (χ4v) is 1.69. The normalized spacial score (nSPS) is 11.4. The summed E-state index contributed by atoms with van der Waals surface area (Å²) in [4.78, 5) is 21.5. The van der Waals surface area contributed by atoms with E-state index in [0.717, 1.165) is 5.56 Å². The van der Waals surface area contributed by atoms with Crippen LogP contribution >= 0.6 is 0 Å². The third-order valence-corrected chi connectivity index (χ3v) is 2.76. The summed E-state index contributed by atoms with van der Waals surface area (Å²) in [5.41, 5.74) is 5.65.